The number of rotatable bonds is 1. The highest BCUT2D eigenvalue weighted by molar-refractivity contribution is 5.92. The van der Waals surface area contributed by atoms with E-state index < -0.39 is 6.17 Å². The van der Waals surface area contributed by atoms with Crippen molar-refractivity contribution < 1.29 is 4.79 Å². The molecule has 1 atom stereocenters. The Morgan fingerprint density at radius 3 is 3.33 bits per heavy atom. The fraction of sp³-hybridized carbons (Fsp3) is 0.667. The number of hydrogen-bond donors (Lipinski definition) is 3. The van der Waals surface area contributed by atoms with Gasteiger partial charge >= 0.3 is 0 Å². The summed E-state index contributed by atoms with van der Waals surface area (Å²) in [6.45, 7) is 2.35. The predicted octanol–water partition coefficient (Wildman–Crippen LogP) is -2.38. The number of piperazine rings is 1. The van der Waals surface area contributed by atoms with E-state index >= 15 is 0 Å². The molecule has 0 aromatic rings. The zero-order valence-corrected chi connectivity index (χ0v) is 6.58. The van der Waals surface area contributed by atoms with Gasteiger partial charge in [-0.3, -0.25) is 10.2 Å². The van der Waals surface area contributed by atoms with E-state index in [1.165, 1.54) is 0 Å². The highest BCUT2D eigenvalue weighted by Gasteiger charge is 2.32. The molecule has 2 aliphatic rings. The van der Waals surface area contributed by atoms with Crippen LogP contribution in [-0.2, 0) is 4.79 Å². The molecular formula is C6H11N5O. The zero-order valence-electron chi connectivity index (χ0n) is 6.58. The van der Waals surface area contributed by atoms with Gasteiger partial charge in [-0.25, -0.2) is 0 Å². The van der Waals surface area contributed by atoms with Crippen molar-refractivity contribution in [3.8, 4) is 0 Å². The first-order valence-corrected chi connectivity index (χ1v) is 3.88. The van der Waals surface area contributed by atoms with E-state index in [0.29, 0.717) is 6.54 Å². The number of hydrazone groups is 1. The number of carbonyl (C=O) groups is 1. The minimum Gasteiger partial charge on any atom is -0.366 e. The Bertz CT molecular complexity index is 238. The summed E-state index contributed by atoms with van der Waals surface area (Å²) in [6, 6.07) is 0. The van der Waals surface area contributed by atoms with Crippen molar-refractivity contribution in [1.82, 2.24) is 15.6 Å². The third-order valence-electron chi connectivity index (χ3n) is 2.04. The lowest BCUT2D eigenvalue weighted by Crippen LogP contribution is -2.55. The maximum atomic E-state index is 10.9. The smallest absolute Gasteiger partial charge is 0.262 e. The van der Waals surface area contributed by atoms with Gasteiger partial charge in [-0.1, -0.05) is 0 Å². The van der Waals surface area contributed by atoms with E-state index in [1.54, 1.807) is 0 Å². The fourth-order valence-electron chi connectivity index (χ4n) is 1.43. The molecule has 0 aromatic heterocycles. The van der Waals surface area contributed by atoms with E-state index in [4.69, 9.17) is 5.73 Å². The van der Waals surface area contributed by atoms with Crippen molar-refractivity contribution in [3.05, 3.63) is 0 Å². The quantitative estimate of drug-likeness (QED) is 0.409. The Balaban J connectivity index is 2.11. The number of primary amides is 1. The van der Waals surface area contributed by atoms with Crippen molar-refractivity contribution in [1.29, 1.82) is 0 Å². The molecule has 12 heavy (non-hydrogen) atoms. The first kappa shape index (κ1) is 7.35. The molecule has 0 aromatic carbocycles. The Labute approximate surface area is 69.8 Å². The van der Waals surface area contributed by atoms with Crippen LogP contribution in [0.25, 0.3) is 0 Å². The average Bonchev–Trinajstić information content (AvgIpc) is 2.47. The lowest BCUT2D eigenvalue weighted by Gasteiger charge is -2.28. The summed E-state index contributed by atoms with van der Waals surface area (Å²) in [5.74, 6) is 0.487. The largest absolute Gasteiger partial charge is 0.366 e. The third-order valence-corrected chi connectivity index (χ3v) is 2.04. The Kier molecular flexibility index (Phi) is 1.61. The molecular weight excluding hydrogens is 158 g/mol. The highest BCUT2D eigenvalue weighted by atomic mass is 16.2. The number of amidine groups is 1. The number of nitrogens with two attached hydrogens (primary N) is 1. The molecule has 0 spiro atoms. The summed E-state index contributed by atoms with van der Waals surface area (Å²) in [7, 11) is 0. The van der Waals surface area contributed by atoms with Gasteiger partial charge in [0.15, 0.2) is 6.17 Å². The van der Waals surface area contributed by atoms with E-state index in [-0.39, 0.29) is 5.91 Å². The van der Waals surface area contributed by atoms with Gasteiger partial charge in [-0.2, -0.15) is 5.10 Å². The van der Waals surface area contributed by atoms with E-state index in [9.17, 15) is 4.79 Å². The second-order valence-electron chi connectivity index (χ2n) is 2.83. The minimum absolute atomic E-state index is 0.379. The summed E-state index contributed by atoms with van der Waals surface area (Å²) >= 11 is 0. The van der Waals surface area contributed by atoms with E-state index in [1.807, 2.05) is 4.90 Å². The van der Waals surface area contributed by atoms with Crippen LogP contribution in [0.3, 0.4) is 0 Å². The summed E-state index contributed by atoms with van der Waals surface area (Å²) < 4.78 is 0. The molecule has 66 valence electrons. The molecule has 4 N–H and O–H groups in total. The molecule has 6 heteroatoms. The van der Waals surface area contributed by atoms with Gasteiger partial charge in [-0.05, 0) is 0 Å². The summed E-state index contributed by atoms with van der Waals surface area (Å²) in [6.07, 6.45) is -0.443. The lowest BCUT2D eigenvalue weighted by molar-refractivity contribution is -0.122. The molecule has 6 nitrogen and oxygen atoms in total. The van der Waals surface area contributed by atoms with Crippen molar-refractivity contribution >= 4 is 11.7 Å². The van der Waals surface area contributed by atoms with E-state index in [2.05, 4.69) is 15.8 Å². The van der Waals surface area contributed by atoms with Crippen LogP contribution in [0.2, 0.25) is 0 Å². The number of fused-ring (bicyclic) bond motifs is 1. The normalized spacial score (nSPS) is 27.5. The second-order valence-corrected chi connectivity index (χ2v) is 2.83. The van der Waals surface area contributed by atoms with Gasteiger partial charge in [0, 0.05) is 13.1 Å². The van der Waals surface area contributed by atoms with Crippen LogP contribution < -0.4 is 16.5 Å². The number of carbonyl (C=O) groups excluding carboxylic acids is 1. The highest BCUT2D eigenvalue weighted by Crippen LogP contribution is 2.06. The van der Waals surface area contributed by atoms with Crippen molar-refractivity contribution in [2.24, 2.45) is 10.8 Å². The Morgan fingerprint density at radius 2 is 2.58 bits per heavy atom. The van der Waals surface area contributed by atoms with Gasteiger partial charge in [0.05, 0.1) is 6.54 Å². The van der Waals surface area contributed by atoms with Crippen LogP contribution in [0.1, 0.15) is 0 Å². The second kappa shape index (κ2) is 2.63. The molecule has 0 radical (unpaired) electrons. The molecule has 1 saturated heterocycles. The SMILES string of the molecule is NC(=O)C1NN=C2CNCCN21. The zero-order chi connectivity index (χ0) is 8.55. The van der Waals surface area contributed by atoms with Crippen LogP contribution in [0.15, 0.2) is 5.10 Å². The minimum atomic E-state index is -0.443. The maximum absolute atomic E-state index is 10.9. The van der Waals surface area contributed by atoms with Gasteiger partial charge in [0.25, 0.3) is 5.91 Å². The molecule has 0 bridgehead atoms. The molecule has 0 saturated carbocycles. The Morgan fingerprint density at radius 1 is 1.75 bits per heavy atom. The Hall–Kier alpha value is -1.30. The maximum Gasteiger partial charge on any atom is 0.262 e. The number of amides is 1. The molecule has 1 amide bonds. The van der Waals surface area contributed by atoms with Crippen LogP contribution in [0.4, 0.5) is 0 Å². The summed E-state index contributed by atoms with van der Waals surface area (Å²) in [5.41, 5.74) is 7.87. The molecule has 2 aliphatic heterocycles. The number of hydrogen-bond acceptors (Lipinski definition) is 5. The first-order valence-electron chi connectivity index (χ1n) is 3.88. The molecule has 1 unspecified atom stereocenters. The van der Waals surface area contributed by atoms with Crippen molar-refractivity contribution in [2.75, 3.05) is 19.6 Å². The van der Waals surface area contributed by atoms with Crippen LogP contribution >= 0.6 is 0 Å². The third kappa shape index (κ3) is 1.00. The molecule has 2 heterocycles. The summed E-state index contributed by atoms with van der Waals surface area (Å²) in [4.78, 5) is 12.8. The van der Waals surface area contributed by atoms with Gasteiger partial charge in [0.1, 0.15) is 5.84 Å². The fourth-order valence-corrected chi connectivity index (χ4v) is 1.43. The first-order chi connectivity index (χ1) is 5.79. The number of nitrogens with one attached hydrogen (secondary N) is 2. The van der Waals surface area contributed by atoms with Gasteiger partial charge < -0.3 is 16.0 Å². The monoisotopic (exact) mass is 169 g/mol. The molecule has 0 aliphatic carbocycles. The van der Waals surface area contributed by atoms with Crippen molar-refractivity contribution in [2.45, 2.75) is 6.17 Å². The van der Waals surface area contributed by atoms with Crippen LogP contribution in [0, 0.1) is 0 Å². The van der Waals surface area contributed by atoms with Crippen LogP contribution in [0.5, 0.6) is 0 Å². The number of nitrogens with zero attached hydrogens (tertiary/aromatic N) is 2. The van der Waals surface area contributed by atoms with Gasteiger partial charge in [-0.15, -0.1) is 0 Å². The standard InChI is InChI=1S/C6H11N5O/c7-5(12)6-10-9-4-3-8-1-2-11(4)6/h6,8,10H,1-3H2,(H2,7,12). The van der Waals surface area contributed by atoms with Crippen molar-refractivity contribution in [3.63, 3.8) is 0 Å². The topological polar surface area (TPSA) is 82.8 Å². The average molecular weight is 169 g/mol. The molecule has 1 fully saturated rings. The molecule has 2 rings (SSSR count). The van der Waals surface area contributed by atoms with E-state index in [0.717, 1.165) is 18.9 Å². The van der Waals surface area contributed by atoms with Gasteiger partial charge in [0.2, 0.25) is 0 Å². The van der Waals surface area contributed by atoms with Crippen LogP contribution in [-0.4, -0.2) is 42.4 Å². The lowest BCUT2D eigenvalue weighted by atomic mass is 10.3. The predicted molar refractivity (Wildman–Crippen MR) is 43.1 cm³/mol. The summed E-state index contributed by atoms with van der Waals surface area (Å²) in [5, 5.41) is 7.14.